The second-order valence-corrected chi connectivity index (χ2v) is 6.70. The molecule has 0 unspecified atom stereocenters. The summed E-state index contributed by atoms with van der Waals surface area (Å²) < 4.78 is 0.739. The van der Waals surface area contributed by atoms with Crippen LogP contribution in [-0.2, 0) is 0 Å². The molecule has 0 radical (unpaired) electrons. The zero-order valence-electron chi connectivity index (χ0n) is 11.8. The topological polar surface area (TPSA) is 78.4 Å². The van der Waals surface area contributed by atoms with Gasteiger partial charge in [-0.25, -0.2) is 4.79 Å². The molecule has 3 N–H and O–H groups in total. The predicted molar refractivity (Wildman–Crippen MR) is 101 cm³/mol. The molecular formula is C15H9BrCl2N2O3S. The van der Waals surface area contributed by atoms with Crippen LogP contribution in [0, 0.1) is 0 Å². The molecule has 0 saturated carbocycles. The van der Waals surface area contributed by atoms with Crippen molar-refractivity contribution in [1.82, 2.24) is 5.32 Å². The lowest BCUT2D eigenvalue weighted by Gasteiger charge is -2.13. The van der Waals surface area contributed by atoms with Gasteiger partial charge in [-0.3, -0.25) is 10.1 Å². The minimum Gasteiger partial charge on any atom is -0.478 e. The van der Waals surface area contributed by atoms with Crippen molar-refractivity contribution in [3.05, 3.63) is 62.0 Å². The number of rotatable bonds is 3. The Hall–Kier alpha value is -1.67. The lowest BCUT2D eigenvalue weighted by Crippen LogP contribution is -2.34. The molecule has 9 heteroatoms. The van der Waals surface area contributed by atoms with Crippen LogP contribution in [0.5, 0.6) is 0 Å². The lowest BCUT2D eigenvalue weighted by molar-refractivity contribution is 0.0698. The molecule has 24 heavy (non-hydrogen) atoms. The number of thiocarbonyl (C=S) groups is 1. The van der Waals surface area contributed by atoms with E-state index in [4.69, 9.17) is 35.4 Å². The maximum absolute atomic E-state index is 12.1. The van der Waals surface area contributed by atoms with E-state index in [9.17, 15) is 14.7 Å². The summed E-state index contributed by atoms with van der Waals surface area (Å²) in [5, 5.41) is 14.5. The summed E-state index contributed by atoms with van der Waals surface area (Å²) in [4.78, 5) is 23.4. The third-order valence-electron chi connectivity index (χ3n) is 2.84. The first-order valence-electron chi connectivity index (χ1n) is 6.38. The molecule has 0 aliphatic heterocycles. The number of hydrogen-bond donors (Lipinski definition) is 3. The molecule has 0 aliphatic carbocycles. The minimum absolute atomic E-state index is 0.0492. The van der Waals surface area contributed by atoms with Crippen molar-refractivity contribution < 1.29 is 14.7 Å². The zero-order valence-corrected chi connectivity index (χ0v) is 15.7. The normalized spacial score (nSPS) is 10.1. The van der Waals surface area contributed by atoms with Gasteiger partial charge in [0.1, 0.15) is 0 Å². The van der Waals surface area contributed by atoms with E-state index in [1.807, 2.05) is 0 Å². The largest absolute Gasteiger partial charge is 0.478 e. The van der Waals surface area contributed by atoms with E-state index >= 15 is 0 Å². The van der Waals surface area contributed by atoms with E-state index in [1.165, 1.54) is 12.1 Å². The number of anilines is 1. The van der Waals surface area contributed by atoms with Gasteiger partial charge >= 0.3 is 5.97 Å². The van der Waals surface area contributed by atoms with Crippen LogP contribution in [0.25, 0.3) is 0 Å². The highest BCUT2D eigenvalue weighted by Gasteiger charge is 2.17. The molecule has 0 saturated heterocycles. The highest BCUT2D eigenvalue weighted by molar-refractivity contribution is 9.10. The van der Waals surface area contributed by atoms with Crippen LogP contribution >= 0.6 is 51.3 Å². The first kappa shape index (κ1) is 18.7. The maximum Gasteiger partial charge on any atom is 0.337 e. The fourth-order valence-electron chi connectivity index (χ4n) is 1.82. The van der Waals surface area contributed by atoms with E-state index in [2.05, 4.69) is 26.6 Å². The third kappa shape index (κ3) is 4.67. The standard InChI is InChI=1S/C15H9BrCl2N2O3S/c16-8-3-1-2-7(4-8)13(21)20-15(24)19-12-10(14(22)23)5-9(17)6-11(12)18/h1-6H,(H,22,23)(H2,19,20,21,24). The quantitative estimate of drug-likeness (QED) is 0.600. The van der Waals surface area contributed by atoms with Gasteiger partial charge in [0, 0.05) is 15.1 Å². The number of carboxylic acids is 1. The van der Waals surface area contributed by atoms with Crippen molar-refractivity contribution in [1.29, 1.82) is 0 Å². The van der Waals surface area contributed by atoms with Crippen molar-refractivity contribution >= 4 is 74.0 Å². The van der Waals surface area contributed by atoms with Crippen LogP contribution in [0.15, 0.2) is 40.9 Å². The summed E-state index contributed by atoms with van der Waals surface area (Å²) in [7, 11) is 0. The second-order valence-electron chi connectivity index (χ2n) is 4.53. The van der Waals surface area contributed by atoms with Gasteiger partial charge in [-0.15, -0.1) is 0 Å². The van der Waals surface area contributed by atoms with Crippen LogP contribution in [0.3, 0.4) is 0 Å². The third-order valence-corrected chi connectivity index (χ3v) is 4.05. The Morgan fingerprint density at radius 3 is 2.50 bits per heavy atom. The lowest BCUT2D eigenvalue weighted by atomic mass is 10.2. The van der Waals surface area contributed by atoms with Gasteiger partial charge in [-0.1, -0.05) is 45.2 Å². The summed E-state index contributed by atoms with van der Waals surface area (Å²) in [6.45, 7) is 0. The maximum atomic E-state index is 12.1. The molecule has 0 spiro atoms. The van der Waals surface area contributed by atoms with Crippen LogP contribution in [-0.4, -0.2) is 22.1 Å². The number of aromatic carboxylic acids is 1. The Morgan fingerprint density at radius 1 is 1.17 bits per heavy atom. The Bertz CT molecular complexity index is 845. The van der Waals surface area contributed by atoms with Gasteiger partial charge in [0.25, 0.3) is 5.91 Å². The molecule has 124 valence electrons. The number of amides is 1. The number of nitrogens with one attached hydrogen (secondary N) is 2. The molecule has 5 nitrogen and oxygen atoms in total. The minimum atomic E-state index is -1.23. The molecule has 0 heterocycles. The Labute approximate surface area is 161 Å². The number of halogens is 3. The fourth-order valence-corrected chi connectivity index (χ4v) is 2.95. The Morgan fingerprint density at radius 2 is 1.88 bits per heavy atom. The molecule has 2 aromatic carbocycles. The number of carbonyl (C=O) groups excluding carboxylic acids is 1. The van der Waals surface area contributed by atoms with E-state index in [-0.39, 0.29) is 26.4 Å². The smallest absolute Gasteiger partial charge is 0.337 e. The predicted octanol–water partition coefficient (Wildman–Crippen LogP) is 4.58. The van der Waals surface area contributed by atoms with Crippen molar-refractivity contribution in [2.75, 3.05) is 5.32 Å². The summed E-state index contributed by atoms with van der Waals surface area (Å²) in [6, 6.07) is 9.32. The van der Waals surface area contributed by atoms with Crippen molar-refractivity contribution in [2.45, 2.75) is 0 Å². The molecule has 0 bridgehead atoms. The van der Waals surface area contributed by atoms with Crippen LogP contribution in [0.4, 0.5) is 5.69 Å². The summed E-state index contributed by atoms with van der Waals surface area (Å²) in [5.41, 5.74) is 0.272. The van der Waals surface area contributed by atoms with E-state index in [0.717, 1.165) is 4.47 Å². The molecule has 0 aliphatic rings. The van der Waals surface area contributed by atoms with Crippen molar-refractivity contribution in [3.63, 3.8) is 0 Å². The molecule has 1 amide bonds. The number of carboxylic acid groups (broad SMARTS) is 1. The Kier molecular flexibility index (Phi) is 6.17. The van der Waals surface area contributed by atoms with Gasteiger partial charge in [0.15, 0.2) is 5.11 Å². The van der Waals surface area contributed by atoms with Gasteiger partial charge < -0.3 is 10.4 Å². The summed E-state index contributed by atoms with van der Waals surface area (Å²) in [5.74, 6) is -1.68. The molecule has 2 rings (SSSR count). The molecule has 2 aromatic rings. The molecule has 0 aromatic heterocycles. The zero-order chi connectivity index (χ0) is 17.9. The van der Waals surface area contributed by atoms with Gasteiger partial charge in [0.2, 0.25) is 0 Å². The number of benzene rings is 2. The Balaban J connectivity index is 2.18. The van der Waals surface area contributed by atoms with E-state index in [0.29, 0.717) is 5.56 Å². The fraction of sp³-hybridized carbons (Fsp3) is 0. The highest BCUT2D eigenvalue weighted by atomic mass is 79.9. The monoisotopic (exact) mass is 446 g/mol. The van der Waals surface area contributed by atoms with Crippen LogP contribution in [0.1, 0.15) is 20.7 Å². The molecule has 0 atom stereocenters. The van der Waals surface area contributed by atoms with Gasteiger partial charge in [-0.2, -0.15) is 0 Å². The SMILES string of the molecule is O=C(NC(=S)Nc1c(Cl)cc(Cl)cc1C(=O)O)c1cccc(Br)c1. The number of carbonyl (C=O) groups is 2. The average Bonchev–Trinajstić information content (AvgIpc) is 2.49. The van der Waals surface area contributed by atoms with Crippen LogP contribution < -0.4 is 10.6 Å². The second kappa shape index (κ2) is 7.94. The molecule has 0 fully saturated rings. The molecular weight excluding hydrogens is 439 g/mol. The summed E-state index contributed by atoms with van der Waals surface area (Å²) >= 11 is 20.1. The van der Waals surface area contributed by atoms with Gasteiger partial charge in [-0.05, 0) is 42.5 Å². The van der Waals surface area contributed by atoms with Crippen molar-refractivity contribution in [3.8, 4) is 0 Å². The first-order valence-corrected chi connectivity index (χ1v) is 8.34. The van der Waals surface area contributed by atoms with Crippen LogP contribution in [0.2, 0.25) is 10.0 Å². The first-order chi connectivity index (χ1) is 11.3. The van der Waals surface area contributed by atoms with E-state index in [1.54, 1.807) is 24.3 Å². The number of hydrogen-bond acceptors (Lipinski definition) is 3. The van der Waals surface area contributed by atoms with E-state index < -0.39 is 11.9 Å². The average molecular weight is 448 g/mol. The highest BCUT2D eigenvalue weighted by Crippen LogP contribution is 2.30. The summed E-state index contributed by atoms with van der Waals surface area (Å²) in [6.07, 6.45) is 0. The van der Waals surface area contributed by atoms with Crippen molar-refractivity contribution in [2.24, 2.45) is 0 Å². The van der Waals surface area contributed by atoms with Gasteiger partial charge in [0.05, 0.1) is 16.3 Å².